The number of amides is 1. The van der Waals surface area contributed by atoms with Gasteiger partial charge in [0, 0.05) is 23.0 Å². The molecule has 3 rings (SSSR count). The van der Waals surface area contributed by atoms with Gasteiger partial charge in [-0.05, 0) is 18.4 Å². The van der Waals surface area contributed by atoms with E-state index < -0.39 is 12.0 Å². The summed E-state index contributed by atoms with van der Waals surface area (Å²) >= 11 is 0. The molecule has 2 N–H and O–H groups in total. The summed E-state index contributed by atoms with van der Waals surface area (Å²) in [6.07, 6.45) is 0.462. The van der Waals surface area contributed by atoms with E-state index in [9.17, 15) is 14.7 Å². The van der Waals surface area contributed by atoms with E-state index in [0.717, 1.165) is 16.5 Å². The molecule has 0 saturated carbocycles. The fourth-order valence-electron chi connectivity index (χ4n) is 2.99. The van der Waals surface area contributed by atoms with Gasteiger partial charge in [-0.1, -0.05) is 32.0 Å². The highest BCUT2D eigenvalue weighted by Crippen LogP contribution is 2.32. The first kappa shape index (κ1) is 13.7. The number of carbonyl (C=O) groups excluding carboxylic acids is 1. The van der Waals surface area contributed by atoms with Crippen LogP contribution in [0.2, 0.25) is 0 Å². The van der Waals surface area contributed by atoms with Crippen LogP contribution in [-0.2, 0) is 11.3 Å². The van der Waals surface area contributed by atoms with Crippen LogP contribution in [0.4, 0.5) is 0 Å². The van der Waals surface area contributed by atoms with Gasteiger partial charge < -0.3 is 15.0 Å². The summed E-state index contributed by atoms with van der Waals surface area (Å²) in [4.78, 5) is 28.6. The van der Waals surface area contributed by atoms with Crippen molar-refractivity contribution in [2.45, 2.75) is 32.9 Å². The fraction of sp³-hybridized carbons (Fsp3) is 0.375. The Morgan fingerprint density at radius 2 is 2.10 bits per heavy atom. The SMILES string of the molecule is CC(C)C[C@@H](C(=O)O)N1Cc2c([nH]c3ccccc23)C1=O. The van der Waals surface area contributed by atoms with Gasteiger partial charge in [-0.15, -0.1) is 0 Å². The van der Waals surface area contributed by atoms with Gasteiger partial charge in [0.05, 0.1) is 0 Å². The maximum Gasteiger partial charge on any atom is 0.326 e. The van der Waals surface area contributed by atoms with E-state index in [0.29, 0.717) is 18.7 Å². The number of fused-ring (bicyclic) bond motifs is 3. The molecule has 21 heavy (non-hydrogen) atoms. The van der Waals surface area contributed by atoms with Gasteiger partial charge in [-0.25, -0.2) is 4.79 Å². The molecule has 5 nitrogen and oxygen atoms in total. The molecule has 2 aromatic rings. The van der Waals surface area contributed by atoms with Gasteiger partial charge in [0.25, 0.3) is 5.91 Å². The minimum Gasteiger partial charge on any atom is -0.480 e. The Bertz CT molecular complexity index is 717. The van der Waals surface area contributed by atoms with Crippen LogP contribution < -0.4 is 0 Å². The maximum atomic E-state index is 12.5. The first-order valence-corrected chi connectivity index (χ1v) is 7.12. The number of aromatic nitrogens is 1. The lowest BCUT2D eigenvalue weighted by Gasteiger charge is -2.25. The van der Waals surface area contributed by atoms with Gasteiger partial charge in [-0.3, -0.25) is 4.79 Å². The maximum absolute atomic E-state index is 12.5. The molecule has 0 radical (unpaired) electrons. The number of H-pyrrole nitrogens is 1. The summed E-state index contributed by atoms with van der Waals surface area (Å²) in [5.41, 5.74) is 2.36. The molecule has 0 aliphatic carbocycles. The molecule has 0 bridgehead atoms. The molecule has 5 heteroatoms. The van der Waals surface area contributed by atoms with E-state index in [1.807, 2.05) is 38.1 Å². The van der Waals surface area contributed by atoms with E-state index in [4.69, 9.17) is 0 Å². The Balaban J connectivity index is 1.97. The number of hydrogen-bond acceptors (Lipinski definition) is 2. The molecular weight excluding hydrogens is 268 g/mol. The lowest BCUT2D eigenvalue weighted by Crippen LogP contribution is -2.42. The number of hydrogen-bond donors (Lipinski definition) is 2. The Morgan fingerprint density at radius 3 is 2.76 bits per heavy atom. The molecule has 1 aromatic heterocycles. The standard InChI is InChI=1S/C16H18N2O3/c1-9(2)7-13(16(20)21)18-8-11-10-5-3-4-6-12(10)17-14(11)15(18)19/h3-6,9,13,17H,7-8H2,1-2H3,(H,20,21)/t13-/m0/s1. The van der Waals surface area contributed by atoms with Crippen molar-refractivity contribution in [1.29, 1.82) is 0 Å². The van der Waals surface area contributed by atoms with Crippen LogP contribution in [0.3, 0.4) is 0 Å². The quantitative estimate of drug-likeness (QED) is 0.907. The third-order valence-corrected chi connectivity index (χ3v) is 3.97. The number of nitrogens with one attached hydrogen (secondary N) is 1. The van der Waals surface area contributed by atoms with Gasteiger partial charge in [-0.2, -0.15) is 0 Å². The van der Waals surface area contributed by atoms with Crippen molar-refractivity contribution in [2.75, 3.05) is 0 Å². The summed E-state index contributed by atoms with van der Waals surface area (Å²) in [5.74, 6) is -0.935. The zero-order chi connectivity index (χ0) is 15.1. The van der Waals surface area contributed by atoms with E-state index in [1.54, 1.807) is 0 Å². The Morgan fingerprint density at radius 1 is 1.38 bits per heavy atom. The summed E-state index contributed by atoms with van der Waals surface area (Å²) in [6.45, 7) is 4.29. The van der Waals surface area contributed by atoms with Gasteiger partial charge >= 0.3 is 5.97 Å². The van der Waals surface area contributed by atoms with Crippen LogP contribution in [0.25, 0.3) is 10.9 Å². The number of carbonyl (C=O) groups is 2. The number of para-hydroxylation sites is 1. The molecule has 1 aliphatic rings. The Hall–Kier alpha value is -2.30. The van der Waals surface area contributed by atoms with Gasteiger partial charge in [0.1, 0.15) is 11.7 Å². The van der Waals surface area contributed by atoms with Gasteiger partial charge in [0.15, 0.2) is 0 Å². The second-order valence-electron chi connectivity index (χ2n) is 5.94. The number of benzene rings is 1. The van der Waals surface area contributed by atoms with Crippen molar-refractivity contribution >= 4 is 22.8 Å². The number of aromatic amines is 1. The largest absolute Gasteiger partial charge is 0.480 e. The number of carboxylic acids is 1. The summed E-state index contributed by atoms with van der Waals surface area (Å²) in [6, 6.07) is 6.95. The zero-order valence-electron chi connectivity index (χ0n) is 12.1. The zero-order valence-corrected chi connectivity index (χ0v) is 12.1. The van der Waals surface area contributed by atoms with E-state index >= 15 is 0 Å². The second-order valence-corrected chi connectivity index (χ2v) is 5.94. The third-order valence-electron chi connectivity index (χ3n) is 3.97. The third kappa shape index (κ3) is 2.18. The molecule has 1 atom stereocenters. The first-order chi connectivity index (χ1) is 9.99. The Labute approximate surface area is 122 Å². The molecule has 110 valence electrons. The monoisotopic (exact) mass is 286 g/mol. The first-order valence-electron chi connectivity index (χ1n) is 7.12. The number of rotatable bonds is 4. The highest BCUT2D eigenvalue weighted by Gasteiger charge is 2.38. The number of aliphatic carboxylic acids is 1. The molecule has 0 spiro atoms. The van der Waals surface area contributed by atoms with Crippen molar-refractivity contribution in [2.24, 2.45) is 5.92 Å². The van der Waals surface area contributed by atoms with Crippen molar-refractivity contribution in [3.63, 3.8) is 0 Å². The smallest absolute Gasteiger partial charge is 0.326 e. The van der Waals surface area contributed by atoms with Crippen LogP contribution in [0.5, 0.6) is 0 Å². The molecule has 1 aromatic carbocycles. The predicted octanol–water partition coefficient (Wildman–Crippen LogP) is 2.62. The molecule has 1 aliphatic heterocycles. The normalized spacial score (nSPS) is 15.8. The van der Waals surface area contributed by atoms with Crippen molar-refractivity contribution in [1.82, 2.24) is 9.88 Å². The van der Waals surface area contributed by atoms with E-state index in [-0.39, 0.29) is 11.8 Å². The van der Waals surface area contributed by atoms with E-state index in [1.165, 1.54) is 4.90 Å². The second kappa shape index (κ2) is 4.91. The van der Waals surface area contributed by atoms with Crippen molar-refractivity contribution < 1.29 is 14.7 Å². The lowest BCUT2D eigenvalue weighted by molar-refractivity contribution is -0.143. The highest BCUT2D eigenvalue weighted by molar-refractivity contribution is 6.05. The topological polar surface area (TPSA) is 73.4 Å². The minimum absolute atomic E-state index is 0.214. The average molecular weight is 286 g/mol. The number of carboxylic acid groups (broad SMARTS) is 1. The molecule has 0 fully saturated rings. The van der Waals surface area contributed by atoms with Gasteiger partial charge in [0.2, 0.25) is 0 Å². The molecule has 1 amide bonds. The number of nitrogens with zero attached hydrogens (tertiary/aromatic N) is 1. The molecule has 0 saturated heterocycles. The van der Waals surface area contributed by atoms with Crippen LogP contribution in [0.15, 0.2) is 24.3 Å². The average Bonchev–Trinajstić information content (AvgIpc) is 2.94. The van der Waals surface area contributed by atoms with Crippen LogP contribution in [0, 0.1) is 5.92 Å². The van der Waals surface area contributed by atoms with Crippen LogP contribution in [0.1, 0.15) is 36.3 Å². The summed E-state index contributed by atoms with van der Waals surface area (Å²) in [7, 11) is 0. The predicted molar refractivity (Wildman–Crippen MR) is 79.1 cm³/mol. The van der Waals surface area contributed by atoms with Crippen molar-refractivity contribution in [3.05, 3.63) is 35.5 Å². The Kier molecular flexibility index (Phi) is 3.20. The molecular formula is C16H18N2O3. The molecule has 2 heterocycles. The highest BCUT2D eigenvalue weighted by atomic mass is 16.4. The summed E-state index contributed by atoms with van der Waals surface area (Å²) < 4.78 is 0. The van der Waals surface area contributed by atoms with Crippen molar-refractivity contribution in [3.8, 4) is 0 Å². The fourth-order valence-corrected chi connectivity index (χ4v) is 2.99. The van der Waals surface area contributed by atoms with Crippen LogP contribution in [-0.4, -0.2) is 32.9 Å². The molecule has 0 unspecified atom stereocenters. The minimum atomic E-state index is -0.938. The van der Waals surface area contributed by atoms with Crippen LogP contribution >= 0.6 is 0 Å². The summed E-state index contributed by atoms with van der Waals surface area (Å²) in [5, 5.41) is 10.4. The lowest BCUT2D eigenvalue weighted by atomic mass is 10.0. The van der Waals surface area contributed by atoms with E-state index in [2.05, 4.69) is 4.98 Å².